The molecule has 1 atom stereocenters. The van der Waals surface area contributed by atoms with E-state index in [0.717, 1.165) is 19.3 Å². The molecule has 1 aliphatic carbocycles. The zero-order valence-electron chi connectivity index (χ0n) is 15.9. The van der Waals surface area contributed by atoms with Gasteiger partial charge in [0.05, 0.1) is 22.7 Å². The van der Waals surface area contributed by atoms with Gasteiger partial charge in [-0.3, -0.25) is 14.2 Å². The highest BCUT2D eigenvalue weighted by molar-refractivity contribution is 7.99. The largest absolute Gasteiger partial charge is 0.349 e. The van der Waals surface area contributed by atoms with Gasteiger partial charge in [-0.15, -0.1) is 0 Å². The number of fused-ring (bicyclic) bond motifs is 2. The minimum Gasteiger partial charge on any atom is -0.349 e. The summed E-state index contributed by atoms with van der Waals surface area (Å²) in [7, 11) is 0. The minimum atomic E-state index is -0.0416. The van der Waals surface area contributed by atoms with Crippen LogP contribution in [0.25, 0.3) is 10.9 Å². The molecular weight excluding hydrogens is 370 g/mol. The molecule has 1 aliphatic rings. The molecule has 0 spiro atoms. The zero-order valence-corrected chi connectivity index (χ0v) is 16.7. The number of benzene rings is 2. The lowest BCUT2D eigenvalue weighted by atomic mass is 10.1. The molecule has 1 heterocycles. The standard InChI is InChI=1S/C22H23N3O2S/c1-2-13-25-21(27)17-9-5-6-10-18(17)24-22(25)28-14-20(26)23-19-12-11-15-7-3-4-8-16(15)19/h3-10,19H,2,11-14H2,1H3,(H,23,26)/t19-/m0/s1. The lowest BCUT2D eigenvalue weighted by molar-refractivity contribution is -0.119. The molecule has 1 amide bonds. The van der Waals surface area contributed by atoms with E-state index in [1.165, 1.54) is 22.9 Å². The SMILES string of the molecule is CCCn1c(SCC(=O)N[C@H]2CCc3ccccc32)nc2ccccc2c1=O. The Hall–Kier alpha value is -2.60. The predicted octanol–water partition coefficient (Wildman–Crippen LogP) is 3.70. The first kappa shape index (κ1) is 18.7. The number of rotatable bonds is 6. The van der Waals surface area contributed by atoms with Crippen LogP contribution in [0, 0.1) is 0 Å². The maximum Gasteiger partial charge on any atom is 0.262 e. The van der Waals surface area contributed by atoms with Crippen molar-refractivity contribution in [1.82, 2.24) is 14.9 Å². The van der Waals surface area contributed by atoms with E-state index >= 15 is 0 Å². The van der Waals surface area contributed by atoms with Crippen molar-refractivity contribution in [3.63, 3.8) is 0 Å². The zero-order chi connectivity index (χ0) is 19.5. The highest BCUT2D eigenvalue weighted by Crippen LogP contribution is 2.30. The van der Waals surface area contributed by atoms with Crippen molar-refractivity contribution in [1.29, 1.82) is 0 Å². The molecule has 0 unspecified atom stereocenters. The molecule has 0 bridgehead atoms. The second-order valence-corrected chi connectivity index (χ2v) is 7.96. The number of thioether (sulfide) groups is 1. The van der Waals surface area contributed by atoms with Gasteiger partial charge >= 0.3 is 0 Å². The topological polar surface area (TPSA) is 64.0 Å². The summed E-state index contributed by atoms with van der Waals surface area (Å²) >= 11 is 1.33. The third-order valence-corrected chi connectivity index (χ3v) is 6.05. The normalized spacial score (nSPS) is 15.5. The number of amides is 1. The number of para-hydroxylation sites is 1. The van der Waals surface area contributed by atoms with Crippen molar-refractivity contribution < 1.29 is 4.79 Å². The molecule has 144 valence electrons. The molecule has 4 rings (SSSR count). The number of carbonyl (C=O) groups is 1. The molecular formula is C22H23N3O2S. The average molecular weight is 394 g/mol. The first-order chi connectivity index (χ1) is 13.7. The third kappa shape index (κ3) is 3.69. The Balaban J connectivity index is 1.50. The van der Waals surface area contributed by atoms with Gasteiger partial charge in [-0.25, -0.2) is 4.98 Å². The van der Waals surface area contributed by atoms with Gasteiger partial charge in [-0.2, -0.15) is 0 Å². The third-order valence-electron chi connectivity index (χ3n) is 5.07. The number of aryl methyl sites for hydroxylation is 1. The van der Waals surface area contributed by atoms with Crippen LogP contribution in [0.1, 0.15) is 36.9 Å². The average Bonchev–Trinajstić information content (AvgIpc) is 3.12. The van der Waals surface area contributed by atoms with Gasteiger partial charge in [0, 0.05) is 6.54 Å². The summed E-state index contributed by atoms with van der Waals surface area (Å²) in [5.74, 6) is 0.213. The summed E-state index contributed by atoms with van der Waals surface area (Å²) in [5, 5.41) is 4.36. The van der Waals surface area contributed by atoms with Crippen LogP contribution in [0.15, 0.2) is 58.5 Å². The van der Waals surface area contributed by atoms with Crippen LogP contribution in [0.4, 0.5) is 0 Å². The van der Waals surface area contributed by atoms with Crippen LogP contribution < -0.4 is 10.9 Å². The number of carbonyl (C=O) groups excluding carboxylic acids is 1. The highest BCUT2D eigenvalue weighted by atomic mass is 32.2. The number of nitrogens with zero attached hydrogens (tertiary/aromatic N) is 2. The lowest BCUT2D eigenvalue weighted by Crippen LogP contribution is -2.29. The van der Waals surface area contributed by atoms with E-state index in [2.05, 4.69) is 22.4 Å². The molecule has 0 saturated heterocycles. The molecule has 1 aromatic heterocycles. The van der Waals surface area contributed by atoms with Crippen LogP contribution in [0.2, 0.25) is 0 Å². The molecule has 3 aromatic rings. The predicted molar refractivity (Wildman–Crippen MR) is 113 cm³/mol. The second-order valence-electron chi connectivity index (χ2n) is 7.01. The maximum atomic E-state index is 12.8. The Kier molecular flexibility index (Phi) is 5.48. The quantitative estimate of drug-likeness (QED) is 0.512. The van der Waals surface area contributed by atoms with Gasteiger partial charge in [0.1, 0.15) is 0 Å². The Morgan fingerprint density at radius 3 is 2.86 bits per heavy atom. The summed E-state index contributed by atoms with van der Waals surface area (Å²) in [6.45, 7) is 2.62. The van der Waals surface area contributed by atoms with Crippen molar-refractivity contribution in [3.8, 4) is 0 Å². The summed E-state index contributed by atoms with van der Waals surface area (Å²) in [6, 6.07) is 15.7. The summed E-state index contributed by atoms with van der Waals surface area (Å²) in [6.07, 6.45) is 2.76. The minimum absolute atomic E-state index is 0.0304. The van der Waals surface area contributed by atoms with Crippen LogP contribution in [0.5, 0.6) is 0 Å². The molecule has 1 N–H and O–H groups in total. The Morgan fingerprint density at radius 2 is 2.00 bits per heavy atom. The summed E-state index contributed by atoms with van der Waals surface area (Å²) in [5.41, 5.74) is 3.16. The van der Waals surface area contributed by atoms with Gasteiger partial charge in [0.15, 0.2) is 5.16 Å². The molecule has 0 saturated carbocycles. The van der Waals surface area contributed by atoms with Gasteiger partial charge in [0.25, 0.3) is 5.56 Å². The van der Waals surface area contributed by atoms with E-state index in [1.54, 1.807) is 10.6 Å². The monoisotopic (exact) mass is 393 g/mol. The molecule has 0 radical (unpaired) electrons. The number of hydrogen-bond acceptors (Lipinski definition) is 4. The molecule has 0 aliphatic heterocycles. The van der Waals surface area contributed by atoms with Gasteiger partial charge < -0.3 is 5.32 Å². The first-order valence-corrected chi connectivity index (χ1v) is 10.7. The van der Waals surface area contributed by atoms with Crippen molar-refractivity contribution in [2.75, 3.05) is 5.75 Å². The number of nitrogens with one attached hydrogen (secondary N) is 1. The highest BCUT2D eigenvalue weighted by Gasteiger charge is 2.23. The van der Waals surface area contributed by atoms with E-state index < -0.39 is 0 Å². The van der Waals surface area contributed by atoms with Crippen LogP contribution in [-0.4, -0.2) is 21.2 Å². The smallest absolute Gasteiger partial charge is 0.262 e. The number of aromatic nitrogens is 2. The fraction of sp³-hybridized carbons (Fsp3) is 0.318. The summed E-state index contributed by atoms with van der Waals surface area (Å²) in [4.78, 5) is 30.0. The Morgan fingerprint density at radius 1 is 1.21 bits per heavy atom. The van der Waals surface area contributed by atoms with Crippen molar-refractivity contribution in [2.24, 2.45) is 0 Å². The van der Waals surface area contributed by atoms with E-state index in [0.29, 0.717) is 22.6 Å². The second kappa shape index (κ2) is 8.19. The molecule has 6 heteroatoms. The molecule has 5 nitrogen and oxygen atoms in total. The van der Waals surface area contributed by atoms with Crippen LogP contribution in [0.3, 0.4) is 0 Å². The Bertz CT molecular complexity index is 1080. The van der Waals surface area contributed by atoms with E-state index in [9.17, 15) is 9.59 Å². The lowest BCUT2D eigenvalue weighted by Gasteiger charge is -2.15. The van der Waals surface area contributed by atoms with Crippen molar-refractivity contribution >= 4 is 28.6 Å². The molecule has 2 aromatic carbocycles. The summed E-state index contributed by atoms with van der Waals surface area (Å²) < 4.78 is 1.69. The fourth-order valence-electron chi connectivity index (χ4n) is 3.75. The van der Waals surface area contributed by atoms with Crippen LogP contribution in [-0.2, 0) is 17.8 Å². The Labute approximate surface area is 168 Å². The van der Waals surface area contributed by atoms with Crippen molar-refractivity contribution in [3.05, 3.63) is 70.0 Å². The molecule has 28 heavy (non-hydrogen) atoms. The van der Waals surface area contributed by atoms with Gasteiger partial charge in [-0.05, 0) is 42.5 Å². The van der Waals surface area contributed by atoms with E-state index in [-0.39, 0.29) is 23.3 Å². The fourth-order valence-corrected chi connectivity index (χ4v) is 4.59. The van der Waals surface area contributed by atoms with E-state index in [4.69, 9.17) is 0 Å². The van der Waals surface area contributed by atoms with Gasteiger partial charge in [0.2, 0.25) is 5.91 Å². The van der Waals surface area contributed by atoms with Crippen LogP contribution >= 0.6 is 11.8 Å². The number of hydrogen-bond donors (Lipinski definition) is 1. The molecule has 0 fully saturated rings. The van der Waals surface area contributed by atoms with E-state index in [1.807, 2.05) is 37.3 Å². The van der Waals surface area contributed by atoms with Crippen molar-refractivity contribution in [2.45, 2.75) is 43.9 Å². The van der Waals surface area contributed by atoms with Gasteiger partial charge in [-0.1, -0.05) is 55.1 Å². The maximum absolute atomic E-state index is 12.8. The first-order valence-electron chi connectivity index (χ1n) is 9.67.